The maximum absolute atomic E-state index is 12.0. The van der Waals surface area contributed by atoms with Crippen LogP contribution < -0.4 is 5.32 Å². The topological polar surface area (TPSA) is 47.9 Å². The van der Waals surface area contributed by atoms with E-state index in [1.54, 1.807) is 0 Å². The Morgan fingerprint density at radius 2 is 1.80 bits per heavy atom. The Bertz CT molecular complexity index is 871. The Morgan fingerprint density at radius 1 is 1.07 bits per heavy atom. The number of carbonyl (C=O) groups excluding carboxylic acids is 1. The smallest absolute Gasteiger partial charge is 0.222 e. The molecule has 0 radical (unpaired) electrons. The molecule has 2 aliphatic heterocycles. The fraction of sp³-hybridized carbons (Fsp3) is 0.417. The average molecular weight is 518 g/mol. The van der Waals surface area contributed by atoms with E-state index in [0.29, 0.717) is 18.9 Å². The third-order valence-corrected chi connectivity index (χ3v) is 6.06. The zero-order valence-corrected chi connectivity index (χ0v) is 19.9. The minimum absolute atomic E-state index is 0. The molecule has 2 heterocycles. The minimum Gasteiger partial charge on any atom is -0.352 e. The van der Waals surface area contributed by atoms with E-state index in [4.69, 9.17) is 0 Å². The summed E-state index contributed by atoms with van der Waals surface area (Å²) in [6.07, 6.45) is 2.81. The normalized spacial score (nSPS) is 19.2. The molecule has 6 heteroatoms. The quantitative estimate of drug-likeness (QED) is 0.370. The van der Waals surface area contributed by atoms with Crippen LogP contribution >= 0.6 is 24.0 Å². The third kappa shape index (κ3) is 5.33. The monoisotopic (exact) mass is 518 g/mol. The van der Waals surface area contributed by atoms with Crippen molar-refractivity contribution in [2.24, 2.45) is 4.99 Å². The number of rotatable bonds is 5. The Balaban J connectivity index is 0.00000256. The molecule has 2 aliphatic rings. The largest absolute Gasteiger partial charge is 0.352 e. The van der Waals surface area contributed by atoms with Crippen molar-refractivity contribution in [1.82, 2.24) is 15.1 Å². The van der Waals surface area contributed by atoms with Crippen molar-refractivity contribution in [1.29, 1.82) is 0 Å². The molecule has 1 N–H and O–H groups in total. The Kier molecular flexibility index (Phi) is 8.13. The van der Waals surface area contributed by atoms with E-state index < -0.39 is 0 Å². The summed E-state index contributed by atoms with van der Waals surface area (Å²) in [7, 11) is 1.85. The second kappa shape index (κ2) is 10.8. The van der Waals surface area contributed by atoms with Gasteiger partial charge in [-0.25, -0.2) is 0 Å². The van der Waals surface area contributed by atoms with Gasteiger partial charge in [0.1, 0.15) is 0 Å². The highest BCUT2D eigenvalue weighted by Crippen LogP contribution is 2.27. The molecule has 30 heavy (non-hydrogen) atoms. The molecule has 2 aromatic rings. The van der Waals surface area contributed by atoms with E-state index in [1.165, 1.54) is 16.7 Å². The number of carbonyl (C=O) groups is 1. The van der Waals surface area contributed by atoms with E-state index >= 15 is 0 Å². The summed E-state index contributed by atoms with van der Waals surface area (Å²) >= 11 is 0. The standard InChI is InChI=1S/C24H30N4O.HI/c1-25-24(28-15-13-22(18-28)19-8-3-2-4-9-19)26-16-20-10-5-6-11-21(20)17-27-14-7-12-23(27)29;/h2-6,8-11,22H,7,12-18H2,1H3,(H,25,26);1H. The zero-order chi connectivity index (χ0) is 20.1. The first-order valence-electron chi connectivity index (χ1n) is 10.6. The highest BCUT2D eigenvalue weighted by atomic mass is 127. The summed E-state index contributed by atoms with van der Waals surface area (Å²) in [4.78, 5) is 20.9. The number of nitrogens with zero attached hydrogens (tertiary/aromatic N) is 3. The molecule has 0 bridgehead atoms. The predicted octanol–water partition coefficient (Wildman–Crippen LogP) is 3.99. The highest BCUT2D eigenvalue weighted by Gasteiger charge is 2.26. The van der Waals surface area contributed by atoms with Crippen LogP contribution in [0.3, 0.4) is 0 Å². The van der Waals surface area contributed by atoms with Gasteiger partial charge in [0.2, 0.25) is 5.91 Å². The molecule has 2 aromatic carbocycles. The predicted molar refractivity (Wildman–Crippen MR) is 132 cm³/mol. The van der Waals surface area contributed by atoms with Crippen LogP contribution in [0.4, 0.5) is 0 Å². The lowest BCUT2D eigenvalue weighted by atomic mass is 9.99. The summed E-state index contributed by atoms with van der Waals surface area (Å²) in [5.74, 6) is 1.78. The summed E-state index contributed by atoms with van der Waals surface area (Å²) in [5.41, 5.74) is 3.85. The van der Waals surface area contributed by atoms with Crippen LogP contribution in [-0.4, -0.2) is 48.3 Å². The molecule has 0 aromatic heterocycles. The number of halogens is 1. The second-order valence-corrected chi connectivity index (χ2v) is 7.93. The lowest BCUT2D eigenvalue weighted by molar-refractivity contribution is -0.128. The van der Waals surface area contributed by atoms with E-state index in [0.717, 1.165) is 45.0 Å². The minimum atomic E-state index is 0. The molecule has 1 atom stereocenters. The average Bonchev–Trinajstić information content (AvgIpc) is 3.40. The van der Waals surface area contributed by atoms with Gasteiger partial charge in [-0.2, -0.15) is 0 Å². The van der Waals surface area contributed by atoms with Crippen LogP contribution in [0.1, 0.15) is 41.9 Å². The van der Waals surface area contributed by atoms with Crippen LogP contribution in [0, 0.1) is 0 Å². The molecule has 2 saturated heterocycles. The van der Waals surface area contributed by atoms with Gasteiger partial charge in [-0.1, -0.05) is 54.6 Å². The maximum atomic E-state index is 12.0. The van der Waals surface area contributed by atoms with Gasteiger partial charge in [0, 0.05) is 52.1 Å². The molecule has 2 fully saturated rings. The van der Waals surface area contributed by atoms with Gasteiger partial charge in [0.15, 0.2) is 5.96 Å². The van der Waals surface area contributed by atoms with E-state index in [2.05, 4.69) is 69.8 Å². The van der Waals surface area contributed by atoms with E-state index in [-0.39, 0.29) is 29.9 Å². The third-order valence-electron chi connectivity index (χ3n) is 6.06. The fourth-order valence-electron chi connectivity index (χ4n) is 4.42. The van der Waals surface area contributed by atoms with Crippen molar-refractivity contribution in [2.75, 3.05) is 26.7 Å². The van der Waals surface area contributed by atoms with Gasteiger partial charge in [-0.3, -0.25) is 9.79 Å². The van der Waals surface area contributed by atoms with Crippen LogP contribution in [0.5, 0.6) is 0 Å². The van der Waals surface area contributed by atoms with Crippen LogP contribution in [0.2, 0.25) is 0 Å². The zero-order valence-electron chi connectivity index (χ0n) is 17.6. The number of likely N-dealkylation sites (tertiary alicyclic amines) is 2. The first kappa shape index (κ1) is 22.6. The molecule has 1 amide bonds. The van der Waals surface area contributed by atoms with Gasteiger partial charge in [0.25, 0.3) is 0 Å². The van der Waals surface area contributed by atoms with Crippen molar-refractivity contribution in [3.63, 3.8) is 0 Å². The number of hydrogen-bond acceptors (Lipinski definition) is 2. The molecule has 0 aliphatic carbocycles. The number of aliphatic imine (C=N–C) groups is 1. The Morgan fingerprint density at radius 3 is 2.50 bits per heavy atom. The van der Waals surface area contributed by atoms with Gasteiger partial charge < -0.3 is 15.1 Å². The van der Waals surface area contributed by atoms with Crippen molar-refractivity contribution in [2.45, 2.75) is 38.3 Å². The summed E-state index contributed by atoms with van der Waals surface area (Å²) in [6.45, 7) is 4.31. The second-order valence-electron chi connectivity index (χ2n) is 7.93. The number of benzene rings is 2. The first-order chi connectivity index (χ1) is 14.2. The lowest BCUT2D eigenvalue weighted by Crippen LogP contribution is -2.39. The maximum Gasteiger partial charge on any atom is 0.222 e. The van der Waals surface area contributed by atoms with Gasteiger partial charge in [0.05, 0.1) is 0 Å². The molecule has 1 unspecified atom stereocenters. The van der Waals surface area contributed by atoms with Crippen molar-refractivity contribution >= 4 is 35.8 Å². The molecule has 0 spiro atoms. The number of nitrogens with one attached hydrogen (secondary N) is 1. The van der Waals surface area contributed by atoms with Crippen LogP contribution in [-0.2, 0) is 17.9 Å². The summed E-state index contributed by atoms with van der Waals surface area (Å²) < 4.78 is 0. The Labute approximate surface area is 196 Å². The molecule has 0 saturated carbocycles. The highest BCUT2D eigenvalue weighted by molar-refractivity contribution is 14.0. The summed E-state index contributed by atoms with van der Waals surface area (Å²) in [6, 6.07) is 19.2. The van der Waals surface area contributed by atoms with E-state index in [9.17, 15) is 4.79 Å². The van der Waals surface area contributed by atoms with Gasteiger partial charge in [-0.05, 0) is 29.5 Å². The van der Waals surface area contributed by atoms with E-state index in [1.807, 2.05) is 11.9 Å². The first-order valence-corrected chi connectivity index (χ1v) is 10.6. The SMILES string of the molecule is CN=C(NCc1ccccc1CN1CCCC1=O)N1CCC(c2ccccc2)C1.I. The lowest BCUT2D eigenvalue weighted by Gasteiger charge is -2.23. The van der Waals surface area contributed by atoms with Crippen LogP contribution in [0.25, 0.3) is 0 Å². The van der Waals surface area contributed by atoms with Crippen molar-refractivity contribution in [3.05, 3.63) is 71.3 Å². The van der Waals surface area contributed by atoms with Crippen molar-refractivity contribution in [3.8, 4) is 0 Å². The number of guanidine groups is 1. The molecule has 160 valence electrons. The van der Waals surface area contributed by atoms with Gasteiger partial charge >= 0.3 is 0 Å². The van der Waals surface area contributed by atoms with Crippen LogP contribution in [0.15, 0.2) is 59.6 Å². The number of amides is 1. The molecular formula is C24H31IN4O. The summed E-state index contributed by atoms with van der Waals surface area (Å²) in [5, 5.41) is 3.55. The van der Waals surface area contributed by atoms with Crippen molar-refractivity contribution < 1.29 is 4.79 Å². The molecule has 5 nitrogen and oxygen atoms in total. The molecule has 4 rings (SSSR count). The Hall–Kier alpha value is -2.09. The van der Waals surface area contributed by atoms with Gasteiger partial charge in [-0.15, -0.1) is 24.0 Å². The molecular weight excluding hydrogens is 487 g/mol. The number of hydrogen-bond donors (Lipinski definition) is 1. The fourth-order valence-corrected chi connectivity index (χ4v) is 4.42.